The molecule has 6 heteroatoms. The molecule has 0 amide bonds. The van der Waals surface area contributed by atoms with Crippen LogP contribution in [-0.2, 0) is 22.4 Å². The minimum absolute atomic E-state index is 0.0913. The summed E-state index contributed by atoms with van der Waals surface area (Å²) in [6.07, 6.45) is 4.94. The van der Waals surface area contributed by atoms with Gasteiger partial charge in [-0.3, -0.25) is 4.79 Å². The van der Waals surface area contributed by atoms with Crippen molar-refractivity contribution in [1.82, 2.24) is 9.97 Å². The van der Waals surface area contributed by atoms with Crippen molar-refractivity contribution in [2.45, 2.75) is 63.3 Å². The number of thiophene rings is 1. The number of thioether (sulfide) groups is 1. The number of hydrogen-bond acceptors (Lipinski definition) is 6. The van der Waals surface area contributed by atoms with Gasteiger partial charge in [-0.2, -0.15) is 0 Å². The van der Waals surface area contributed by atoms with Gasteiger partial charge in [-0.15, -0.1) is 11.3 Å². The van der Waals surface area contributed by atoms with E-state index in [9.17, 15) is 4.79 Å². The lowest BCUT2D eigenvalue weighted by molar-refractivity contribution is -0.146. The van der Waals surface area contributed by atoms with Gasteiger partial charge in [-0.25, -0.2) is 9.97 Å². The molecule has 2 aromatic heterocycles. The van der Waals surface area contributed by atoms with E-state index in [1.807, 2.05) is 20.8 Å². The summed E-state index contributed by atoms with van der Waals surface area (Å²) in [4.78, 5) is 23.5. The van der Waals surface area contributed by atoms with Crippen molar-refractivity contribution in [3.05, 3.63) is 16.8 Å². The van der Waals surface area contributed by atoms with Gasteiger partial charge in [0, 0.05) is 10.3 Å². The first-order chi connectivity index (χ1) is 11.0. The van der Waals surface area contributed by atoms with Gasteiger partial charge in [0.2, 0.25) is 0 Å². The lowest BCUT2D eigenvalue weighted by atomic mass is 9.89. The zero-order valence-corrected chi connectivity index (χ0v) is 15.6. The maximum absolute atomic E-state index is 12.1. The summed E-state index contributed by atoms with van der Waals surface area (Å²) in [6.45, 7) is 7.92. The molecule has 2 atom stereocenters. The number of aromatic nitrogens is 2. The Bertz CT molecular complexity index is 727. The van der Waals surface area contributed by atoms with Gasteiger partial charge >= 0.3 is 5.97 Å². The Morgan fingerprint density at radius 2 is 2.17 bits per heavy atom. The third-order valence-electron chi connectivity index (χ3n) is 4.03. The third kappa shape index (κ3) is 3.53. The number of hydrogen-bond donors (Lipinski definition) is 0. The number of fused-ring (bicyclic) bond motifs is 3. The van der Waals surface area contributed by atoms with Gasteiger partial charge in [-0.05, 0) is 51.5 Å². The Morgan fingerprint density at radius 3 is 2.91 bits per heavy atom. The first-order valence-corrected chi connectivity index (χ1v) is 9.77. The van der Waals surface area contributed by atoms with Crippen molar-refractivity contribution in [1.29, 1.82) is 0 Å². The summed E-state index contributed by atoms with van der Waals surface area (Å²) in [6, 6.07) is 0. The van der Waals surface area contributed by atoms with Crippen molar-refractivity contribution in [3.63, 3.8) is 0 Å². The Labute approximate surface area is 145 Å². The SMILES string of the molecule is CC1CCc2c(sc3ncnc(SC(C)C(=O)OC(C)C)c23)C1. The molecule has 1 aliphatic rings. The van der Waals surface area contributed by atoms with Crippen LogP contribution in [0.1, 0.15) is 44.6 Å². The third-order valence-corrected chi connectivity index (χ3v) is 6.27. The number of carbonyl (C=O) groups excluding carboxylic acids is 1. The average Bonchev–Trinajstić information content (AvgIpc) is 2.84. The fraction of sp³-hybridized carbons (Fsp3) is 0.588. The number of ether oxygens (including phenoxy) is 1. The highest BCUT2D eigenvalue weighted by molar-refractivity contribution is 8.00. The van der Waals surface area contributed by atoms with Gasteiger partial charge in [0.05, 0.1) is 6.10 Å². The molecule has 23 heavy (non-hydrogen) atoms. The lowest BCUT2D eigenvalue weighted by Crippen LogP contribution is -2.20. The van der Waals surface area contributed by atoms with Crippen LogP contribution in [0.2, 0.25) is 0 Å². The molecular weight excluding hydrogens is 328 g/mol. The summed E-state index contributed by atoms with van der Waals surface area (Å²) >= 11 is 3.27. The molecule has 2 heterocycles. The van der Waals surface area contributed by atoms with Crippen LogP contribution in [-0.4, -0.2) is 27.3 Å². The molecule has 0 spiro atoms. The van der Waals surface area contributed by atoms with Gasteiger partial charge in [0.25, 0.3) is 0 Å². The highest BCUT2D eigenvalue weighted by atomic mass is 32.2. The largest absolute Gasteiger partial charge is 0.462 e. The molecule has 0 radical (unpaired) electrons. The van der Waals surface area contributed by atoms with E-state index in [4.69, 9.17) is 4.74 Å². The number of carbonyl (C=O) groups is 1. The molecule has 0 aliphatic heterocycles. The molecule has 2 unspecified atom stereocenters. The molecule has 124 valence electrons. The zero-order chi connectivity index (χ0) is 16.6. The van der Waals surface area contributed by atoms with Crippen LogP contribution in [0.25, 0.3) is 10.2 Å². The van der Waals surface area contributed by atoms with E-state index < -0.39 is 0 Å². The van der Waals surface area contributed by atoms with Gasteiger partial charge in [-0.1, -0.05) is 18.7 Å². The molecule has 0 bridgehead atoms. The van der Waals surface area contributed by atoms with E-state index in [-0.39, 0.29) is 17.3 Å². The maximum Gasteiger partial charge on any atom is 0.319 e. The van der Waals surface area contributed by atoms with E-state index in [0.717, 1.165) is 34.0 Å². The van der Waals surface area contributed by atoms with E-state index in [2.05, 4.69) is 16.9 Å². The molecule has 1 aliphatic carbocycles. The van der Waals surface area contributed by atoms with Crippen LogP contribution < -0.4 is 0 Å². The minimum Gasteiger partial charge on any atom is -0.462 e. The summed E-state index contributed by atoms with van der Waals surface area (Å²) in [5.74, 6) is 0.550. The quantitative estimate of drug-likeness (QED) is 0.469. The van der Waals surface area contributed by atoms with E-state index in [1.165, 1.54) is 28.6 Å². The van der Waals surface area contributed by atoms with Crippen molar-refractivity contribution >= 4 is 39.3 Å². The molecule has 0 saturated carbocycles. The predicted molar refractivity (Wildman–Crippen MR) is 95.2 cm³/mol. The van der Waals surface area contributed by atoms with Crippen molar-refractivity contribution in [3.8, 4) is 0 Å². The molecule has 0 saturated heterocycles. The van der Waals surface area contributed by atoms with Gasteiger partial charge in [0.15, 0.2) is 0 Å². The molecular formula is C17H22N2O2S2. The smallest absolute Gasteiger partial charge is 0.319 e. The average molecular weight is 351 g/mol. The van der Waals surface area contributed by atoms with Crippen LogP contribution in [0.5, 0.6) is 0 Å². The van der Waals surface area contributed by atoms with Crippen molar-refractivity contribution in [2.24, 2.45) is 5.92 Å². The van der Waals surface area contributed by atoms with Crippen molar-refractivity contribution < 1.29 is 9.53 Å². The summed E-state index contributed by atoms with van der Waals surface area (Å²) < 4.78 is 5.30. The van der Waals surface area contributed by atoms with E-state index >= 15 is 0 Å². The number of aryl methyl sites for hydroxylation is 1. The predicted octanol–water partition coefficient (Wildman–Crippen LogP) is 4.25. The normalized spacial score (nSPS) is 18.9. The number of rotatable bonds is 4. The standard InChI is InChI=1S/C17H22N2O2S2/c1-9(2)21-17(20)11(4)22-15-14-12-6-5-10(3)7-13(12)23-16(14)19-8-18-15/h8-11H,5-7H2,1-4H3. The second-order valence-electron chi connectivity index (χ2n) is 6.46. The Balaban J connectivity index is 1.91. The van der Waals surface area contributed by atoms with Crippen LogP contribution in [0.15, 0.2) is 11.4 Å². The molecule has 0 fully saturated rings. The first-order valence-electron chi connectivity index (χ1n) is 8.08. The van der Waals surface area contributed by atoms with E-state index in [1.54, 1.807) is 17.7 Å². The highest BCUT2D eigenvalue weighted by Crippen LogP contribution is 2.41. The summed E-state index contributed by atoms with van der Waals surface area (Å²) in [5.41, 5.74) is 1.40. The van der Waals surface area contributed by atoms with Gasteiger partial charge < -0.3 is 4.74 Å². The minimum atomic E-state index is -0.270. The molecule has 0 aromatic carbocycles. The zero-order valence-electron chi connectivity index (χ0n) is 14.0. The number of nitrogens with zero attached hydrogens (tertiary/aromatic N) is 2. The van der Waals surface area contributed by atoms with Gasteiger partial charge in [0.1, 0.15) is 21.4 Å². The Morgan fingerprint density at radius 1 is 1.39 bits per heavy atom. The molecule has 0 N–H and O–H groups in total. The van der Waals surface area contributed by atoms with Crippen LogP contribution in [0, 0.1) is 5.92 Å². The fourth-order valence-electron chi connectivity index (χ4n) is 2.88. The highest BCUT2D eigenvalue weighted by Gasteiger charge is 2.25. The Hall–Kier alpha value is -1.14. The fourth-order valence-corrected chi connectivity index (χ4v) is 5.23. The summed E-state index contributed by atoms with van der Waals surface area (Å²) in [5, 5.41) is 1.80. The molecule has 3 rings (SSSR count). The number of esters is 1. The van der Waals surface area contributed by atoms with Crippen LogP contribution in [0.4, 0.5) is 0 Å². The van der Waals surface area contributed by atoms with E-state index in [0.29, 0.717) is 0 Å². The summed E-state index contributed by atoms with van der Waals surface area (Å²) in [7, 11) is 0. The molecule has 2 aromatic rings. The maximum atomic E-state index is 12.1. The lowest BCUT2D eigenvalue weighted by Gasteiger charge is -2.18. The first kappa shape index (κ1) is 16.7. The molecule has 4 nitrogen and oxygen atoms in total. The second-order valence-corrected chi connectivity index (χ2v) is 8.87. The van der Waals surface area contributed by atoms with Crippen LogP contribution >= 0.6 is 23.1 Å². The van der Waals surface area contributed by atoms with Crippen molar-refractivity contribution in [2.75, 3.05) is 0 Å². The topological polar surface area (TPSA) is 52.1 Å². The Kier molecular flexibility index (Phi) is 4.92. The monoisotopic (exact) mass is 350 g/mol. The van der Waals surface area contributed by atoms with Crippen LogP contribution in [0.3, 0.4) is 0 Å². The second kappa shape index (κ2) is 6.77.